The molecule has 2 aromatic heterocycles. The number of aromatic nitrogens is 3. The predicted octanol–water partition coefficient (Wildman–Crippen LogP) is 2.07. The van der Waals surface area contributed by atoms with Crippen LogP contribution in [0.4, 0.5) is 22.0 Å². The molecule has 0 fully saturated rings. The third-order valence-electron chi connectivity index (χ3n) is 3.83. The predicted molar refractivity (Wildman–Crippen MR) is 88.5 cm³/mol. The quantitative estimate of drug-likeness (QED) is 0.627. The van der Waals surface area contributed by atoms with Crippen molar-refractivity contribution in [3.05, 3.63) is 65.1 Å². The molecule has 2 N–H and O–H groups in total. The van der Waals surface area contributed by atoms with E-state index in [1.165, 1.54) is 0 Å². The number of amides is 2. The maximum atomic E-state index is 13.5. The number of halogens is 5. The summed E-state index contributed by atoms with van der Waals surface area (Å²) < 4.78 is 65.9. The first kappa shape index (κ1) is 20.2. The number of carbonyl (C=O) groups excluding carboxylic acids is 2. The van der Waals surface area contributed by atoms with Crippen molar-refractivity contribution >= 4 is 17.5 Å². The van der Waals surface area contributed by atoms with Gasteiger partial charge in [-0.15, -0.1) is 10.2 Å². The molecule has 0 unspecified atom stereocenters. The third kappa shape index (κ3) is 4.65. The summed E-state index contributed by atoms with van der Waals surface area (Å²) in [5.74, 6) is -3.54. The smallest absolute Gasteiger partial charge is 0.347 e. The van der Waals surface area contributed by atoms with Crippen molar-refractivity contribution in [2.24, 2.45) is 0 Å². The molecule has 0 atom stereocenters. The molecule has 12 heteroatoms. The van der Waals surface area contributed by atoms with Crippen LogP contribution in [0.5, 0.6) is 0 Å². The van der Waals surface area contributed by atoms with E-state index in [2.05, 4.69) is 20.8 Å². The van der Waals surface area contributed by atoms with Crippen molar-refractivity contribution in [1.82, 2.24) is 25.2 Å². The highest BCUT2D eigenvalue weighted by molar-refractivity contribution is 5.96. The Labute approximate surface area is 159 Å². The van der Waals surface area contributed by atoms with Crippen LogP contribution < -0.4 is 10.6 Å². The zero-order valence-electron chi connectivity index (χ0n) is 14.4. The van der Waals surface area contributed by atoms with Gasteiger partial charge in [0.1, 0.15) is 11.6 Å². The van der Waals surface area contributed by atoms with Gasteiger partial charge in [0, 0.05) is 12.3 Å². The molecule has 0 aliphatic heterocycles. The Morgan fingerprint density at radius 1 is 1.03 bits per heavy atom. The summed E-state index contributed by atoms with van der Waals surface area (Å²) in [6.07, 6.45) is -3.76. The van der Waals surface area contributed by atoms with E-state index < -0.39 is 47.3 Å². The number of carbonyl (C=O) groups is 2. The molecule has 152 valence electrons. The molecule has 7 nitrogen and oxygen atoms in total. The molecular formula is C17H12F5N5O2. The topological polar surface area (TPSA) is 88.4 Å². The number of rotatable bonds is 5. The summed E-state index contributed by atoms with van der Waals surface area (Å²) in [6.45, 7) is -0.803. The Morgan fingerprint density at radius 2 is 1.79 bits per heavy atom. The summed E-state index contributed by atoms with van der Waals surface area (Å²) in [6, 6.07) is 4.35. The SMILES string of the molecule is O=C(CNC(=O)c1ccc(F)cc1F)NCc1nnc2ccc(C(F)(F)F)cn12. The normalized spacial score (nSPS) is 11.5. The number of hydrogen-bond donors (Lipinski definition) is 2. The number of alkyl halides is 3. The van der Waals surface area contributed by atoms with E-state index in [0.29, 0.717) is 6.07 Å². The minimum atomic E-state index is -4.56. The summed E-state index contributed by atoms with van der Waals surface area (Å²) in [5.41, 5.74) is -1.20. The van der Waals surface area contributed by atoms with Crippen LogP contribution in [-0.2, 0) is 17.5 Å². The molecule has 29 heavy (non-hydrogen) atoms. The van der Waals surface area contributed by atoms with Crippen LogP contribution in [0.1, 0.15) is 21.7 Å². The second kappa shape index (κ2) is 7.81. The second-order valence-corrected chi connectivity index (χ2v) is 5.84. The molecule has 0 spiro atoms. The van der Waals surface area contributed by atoms with E-state index in [9.17, 15) is 31.5 Å². The Morgan fingerprint density at radius 3 is 2.48 bits per heavy atom. The fourth-order valence-electron chi connectivity index (χ4n) is 2.40. The van der Waals surface area contributed by atoms with E-state index in [1.54, 1.807) is 0 Å². The highest BCUT2D eigenvalue weighted by Gasteiger charge is 2.31. The van der Waals surface area contributed by atoms with Gasteiger partial charge in [-0.25, -0.2) is 8.78 Å². The number of nitrogens with zero attached hydrogens (tertiary/aromatic N) is 3. The van der Waals surface area contributed by atoms with E-state index in [1.807, 2.05) is 0 Å². The number of hydrogen-bond acceptors (Lipinski definition) is 4. The van der Waals surface area contributed by atoms with Crippen LogP contribution in [0.2, 0.25) is 0 Å². The lowest BCUT2D eigenvalue weighted by Gasteiger charge is -2.09. The highest BCUT2D eigenvalue weighted by Crippen LogP contribution is 2.29. The van der Waals surface area contributed by atoms with Gasteiger partial charge >= 0.3 is 6.18 Å². The molecule has 1 aromatic carbocycles. The Hall–Kier alpha value is -3.57. The Kier molecular flexibility index (Phi) is 5.43. The van der Waals surface area contributed by atoms with Gasteiger partial charge in [-0.05, 0) is 24.3 Å². The largest absolute Gasteiger partial charge is 0.417 e. The van der Waals surface area contributed by atoms with Crippen LogP contribution in [0.15, 0.2) is 36.5 Å². The van der Waals surface area contributed by atoms with Crippen LogP contribution in [0.3, 0.4) is 0 Å². The minimum absolute atomic E-state index is 0.0374. The first-order chi connectivity index (χ1) is 13.6. The van der Waals surface area contributed by atoms with Crippen molar-refractivity contribution in [2.75, 3.05) is 6.54 Å². The Balaban J connectivity index is 1.60. The molecule has 0 bridgehead atoms. The van der Waals surface area contributed by atoms with Gasteiger partial charge in [0.2, 0.25) is 5.91 Å². The summed E-state index contributed by atoms with van der Waals surface area (Å²) in [5, 5.41) is 11.9. The van der Waals surface area contributed by atoms with Gasteiger partial charge in [0.15, 0.2) is 11.5 Å². The summed E-state index contributed by atoms with van der Waals surface area (Å²) in [4.78, 5) is 23.7. The van der Waals surface area contributed by atoms with Gasteiger partial charge in [0.25, 0.3) is 5.91 Å². The molecule has 2 amide bonds. The molecule has 2 heterocycles. The lowest BCUT2D eigenvalue weighted by molar-refractivity contribution is -0.137. The van der Waals surface area contributed by atoms with Gasteiger partial charge in [-0.2, -0.15) is 13.2 Å². The molecular weight excluding hydrogens is 401 g/mol. The average molecular weight is 413 g/mol. The minimum Gasteiger partial charge on any atom is -0.347 e. The average Bonchev–Trinajstić information content (AvgIpc) is 3.06. The van der Waals surface area contributed by atoms with E-state index in [4.69, 9.17) is 0 Å². The molecule has 3 aromatic rings. The van der Waals surface area contributed by atoms with Crippen LogP contribution >= 0.6 is 0 Å². The lowest BCUT2D eigenvalue weighted by atomic mass is 10.2. The molecule has 3 rings (SSSR count). The Bertz CT molecular complexity index is 1080. The van der Waals surface area contributed by atoms with Crippen LogP contribution in [-0.4, -0.2) is 33.0 Å². The second-order valence-electron chi connectivity index (χ2n) is 5.84. The summed E-state index contributed by atoms with van der Waals surface area (Å²) in [7, 11) is 0. The number of pyridine rings is 1. The molecule has 0 aliphatic carbocycles. The highest BCUT2D eigenvalue weighted by atomic mass is 19.4. The maximum absolute atomic E-state index is 13.5. The lowest BCUT2D eigenvalue weighted by Crippen LogP contribution is -2.37. The van der Waals surface area contributed by atoms with Gasteiger partial charge in [0.05, 0.1) is 24.2 Å². The number of benzene rings is 1. The zero-order chi connectivity index (χ0) is 21.2. The van der Waals surface area contributed by atoms with Crippen molar-refractivity contribution in [3.63, 3.8) is 0 Å². The zero-order valence-corrected chi connectivity index (χ0v) is 14.4. The van der Waals surface area contributed by atoms with E-state index >= 15 is 0 Å². The standard InChI is InChI=1S/C17H12F5N5O2/c18-10-2-3-11(12(19)5-10)16(29)24-7-15(28)23-6-14-26-25-13-4-1-9(8-27(13)14)17(20,21)22/h1-5,8H,6-7H2,(H,23,28)(H,24,29). The monoisotopic (exact) mass is 413 g/mol. The van der Waals surface area contributed by atoms with Crippen molar-refractivity contribution in [1.29, 1.82) is 0 Å². The molecule has 0 radical (unpaired) electrons. The van der Waals surface area contributed by atoms with Crippen LogP contribution in [0, 0.1) is 11.6 Å². The van der Waals surface area contributed by atoms with Crippen molar-refractivity contribution in [3.8, 4) is 0 Å². The van der Waals surface area contributed by atoms with Gasteiger partial charge in [-0.3, -0.25) is 14.0 Å². The van der Waals surface area contributed by atoms with Crippen molar-refractivity contribution < 1.29 is 31.5 Å². The number of nitrogens with one attached hydrogen (secondary N) is 2. The van der Waals surface area contributed by atoms with E-state index in [-0.39, 0.29) is 18.0 Å². The molecule has 0 saturated heterocycles. The maximum Gasteiger partial charge on any atom is 0.417 e. The van der Waals surface area contributed by atoms with Gasteiger partial charge < -0.3 is 10.6 Å². The van der Waals surface area contributed by atoms with Gasteiger partial charge in [-0.1, -0.05) is 0 Å². The fourth-order valence-corrected chi connectivity index (χ4v) is 2.40. The van der Waals surface area contributed by atoms with Crippen molar-refractivity contribution in [2.45, 2.75) is 12.7 Å². The first-order valence-corrected chi connectivity index (χ1v) is 8.06. The third-order valence-corrected chi connectivity index (χ3v) is 3.83. The first-order valence-electron chi connectivity index (χ1n) is 8.06. The van der Waals surface area contributed by atoms with E-state index in [0.717, 1.165) is 34.9 Å². The number of fused-ring (bicyclic) bond motifs is 1. The molecule has 0 saturated carbocycles. The fraction of sp³-hybridized carbons (Fsp3) is 0.176. The molecule has 0 aliphatic rings. The summed E-state index contributed by atoms with van der Waals surface area (Å²) >= 11 is 0. The van der Waals surface area contributed by atoms with Crippen LogP contribution in [0.25, 0.3) is 5.65 Å².